The van der Waals surface area contributed by atoms with E-state index in [1.165, 1.54) is 6.92 Å². The Morgan fingerprint density at radius 3 is 2.75 bits per heavy atom. The van der Waals surface area contributed by atoms with Crippen LogP contribution in [-0.4, -0.2) is 17.9 Å². The van der Waals surface area contributed by atoms with Crippen LogP contribution in [0.4, 0.5) is 0 Å². The molecule has 0 bridgehead atoms. The number of ketones is 1. The smallest absolute Gasteiger partial charge is 0.302 e. The highest BCUT2D eigenvalue weighted by molar-refractivity contribution is 5.82. The first kappa shape index (κ1) is 11.6. The molecule has 2 saturated carbocycles. The van der Waals surface area contributed by atoms with Crippen molar-refractivity contribution in [2.24, 2.45) is 17.8 Å². The van der Waals surface area contributed by atoms with Gasteiger partial charge in [-0.3, -0.25) is 9.59 Å². The largest absolute Gasteiger partial charge is 0.462 e. The van der Waals surface area contributed by atoms with Crippen molar-refractivity contribution in [2.75, 3.05) is 0 Å². The highest BCUT2D eigenvalue weighted by Crippen LogP contribution is 2.44. The fraction of sp³-hybridized carbons (Fsp3) is 0.846. The molecular formula is C13H20O3. The molecule has 0 aliphatic heterocycles. The van der Waals surface area contributed by atoms with Crippen LogP contribution in [0.25, 0.3) is 0 Å². The summed E-state index contributed by atoms with van der Waals surface area (Å²) >= 11 is 0. The minimum Gasteiger partial charge on any atom is -0.462 e. The molecule has 3 heteroatoms. The van der Waals surface area contributed by atoms with E-state index in [2.05, 4.69) is 6.92 Å². The van der Waals surface area contributed by atoms with E-state index < -0.39 is 0 Å². The second kappa shape index (κ2) is 4.56. The average Bonchev–Trinajstić information content (AvgIpc) is 2.50. The van der Waals surface area contributed by atoms with Crippen molar-refractivity contribution >= 4 is 11.8 Å². The zero-order valence-corrected chi connectivity index (χ0v) is 10.1. The minimum absolute atomic E-state index is 0.0218. The summed E-state index contributed by atoms with van der Waals surface area (Å²) in [6.45, 7) is 3.64. The normalized spacial score (nSPS) is 39.0. The van der Waals surface area contributed by atoms with Gasteiger partial charge in [-0.25, -0.2) is 0 Å². The van der Waals surface area contributed by atoms with E-state index in [9.17, 15) is 9.59 Å². The van der Waals surface area contributed by atoms with Gasteiger partial charge in [-0.15, -0.1) is 0 Å². The second-order valence-electron chi connectivity index (χ2n) is 5.24. The lowest BCUT2D eigenvalue weighted by atomic mass is 9.84. The molecule has 0 N–H and O–H groups in total. The van der Waals surface area contributed by atoms with Gasteiger partial charge in [0.1, 0.15) is 11.9 Å². The number of hydrogen-bond donors (Lipinski definition) is 0. The summed E-state index contributed by atoms with van der Waals surface area (Å²) in [5.74, 6) is 1.12. The van der Waals surface area contributed by atoms with Crippen LogP contribution in [0.3, 0.4) is 0 Å². The van der Waals surface area contributed by atoms with Gasteiger partial charge in [-0.2, -0.15) is 0 Å². The first-order valence-corrected chi connectivity index (χ1v) is 6.29. The van der Waals surface area contributed by atoms with Crippen LogP contribution in [0.1, 0.15) is 46.0 Å². The third kappa shape index (κ3) is 2.13. The molecule has 2 aliphatic carbocycles. The van der Waals surface area contributed by atoms with Crippen molar-refractivity contribution in [2.45, 2.75) is 52.1 Å². The predicted octanol–water partition coefficient (Wildman–Crippen LogP) is 2.33. The Balaban J connectivity index is 2.17. The standard InChI is InChI=1S/C13H20O3/c1-8-6-7-10-11(15)4-3-5-12(13(8)10)16-9(2)14/h8,10,12-13H,3-7H2,1-2H3. The minimum atomic E-state index is -0.211. The molecule has 0 amide bonds. The maximum Gasteiger partial charge on any atom is 0.302 e. The fourth-order valence-electron chi connectivity index (χ4n) is 3.43. The SMILES string of the molecule is CC(=O)OC1CCCC(=O)C2CCC(C)C12. The molecule has 90 valence electrons. The molecule has 4 unspecified atom stereocenters. The Labute approximate surface area is 96.5 Å². The van der Waals surface area contributed by atoms with E-state index in [4.69, 9.17) is 4.74 Å². The molecule has 0 aromatic heterocycles. The molecule has 2 aliphatic rings. The van der Waals surface area contributed by atoms with Crippen LogP contribution < -0.4 is 0 Å². The molecule has 4 atom stereocenters. The quantitative estimate of drug-likeness (QED) is 0.642. The lowest BCUT2D eigenvalue weighted by Gasteiger charge is -2.28. The Morgan fingerprint density at radius 2 is 2.06 bits per heavy atom. The zero-order valence-electron chi connectivity index (χ0n) is 10.1. The molecule has 0 aromatic rings. The van der Waals surface area contributed by atoms with Crippen LogP contribution in [0, 0.1) is 17.8 Å². The maximum atomic E-state index is 11.9. The Kier molecular flexibility index (Phi) is 3.31. The van der Waals surface area contributed by atoms with E-state index in [1.54, 1.807) is 0 Å². The van der Waals surface area contributed by atoms with E-state index in [-0.39, 0.29) is 23.9 Å². The first-order chi connectivity index (χ1) is 7.59. The summed E-state index contributed by atoms with van der Waals surface area (Å²) in [6.07, 6.45) is 4.46. The molecule has 16 heavy (non-hydrogen) atoms. The Morgan fingerprint density at radius 1 is 1.31 bits per heavy atom. The highest BCUT2D eigenvalue weighted by Gasteiger charge is 2.44. The molecular weight excluding hydrogens is 204 g/mol. The fourth-order valence-corrected chi connectivity index (χ4v) is 3.43. The van der Waals surface area contributed by atoms with Gasteiger partial charge in [-0.1, -0.05) is 6.92 Å². The first-order valence-electron chi connectivity index (χ1n) is 6.29. The van der Waals surface area contributed by atoms with Gasteiger partial charge < -0.3 is 4.74 Å². The van der Waals surface area contributed by atoms with E-state index >= 15 is 0 Å². The van der Waals surface area contributed by atoms with Crippen LogP contribution in [0.15, 0.2) is 0 Å². The number of ether oxygens (including phenoxy) is 1. The van der Waals surface area contributed by atoms with E-state index in [1.807, 2.05) is 0 Å². The van der Waals surface area contributed by atoms with E-state index in [0.717, 1.165) is 25.7 Å². The van der Waals surface area contributed by atoms with Crippen molar-refractivity contribution in [3.05, 3.63) is 0 Å². The summed E-state index contributed by atoms with van der Waals surface area (Å²) in [4.78, 5) is 23.0. The third-order valence-corrected chi connectivity index (χ3v) is 4.13. The number of esters is 1. The second-order valence-corrected chi connectivity index (χ2v) is 5.24. The van der Waals surface area contributed by atoms with Crippen molar-refractivity contribution in [1.82, 2.24) is 0 Å². The number of hydrogen-bond acceptors (Lipinski definition) is 3. The number of carbonyl (C=O) groups is 2. The van der Waals surface area contributed by atoms with Crippen LogP contribution in [0.2, 0.25) is 0 Å². The molecule has 3 nitrogen and oxygen atoms in total. The van der Waals surface area contributed by atoms with Crippen molar-refractivity contribution in [1.29, 1.82) is 0 Å². The highest BCUT2D eigenvalue weighted by atomic mass is 16.5. The Hall–Kier alpha value is -0.860. The van der Waals surface area contributed by atoms with Crippen LogP contribution >= 0.6 is 0 Å². The summed E-state index contributed by atoms with van der Waals surface area (Å²) in [7, 11) is 0. The van der Waals surface area contributed by atoms with Gasteiger partial charge in [0, 0.05) is 25.2 Å². The van der Waals surface area contributed by atoms with Gasteiger partial charge in [0.15, 0.2) is 0 Å². The van der Waals surface area contributed by atoms with Gasteiger partial charge >= 0.3 is 5.97 Å². The maximum absolute atomic E-state index is 11.9. The zero-order chi connectivity index (χ0) is 11.7. The van der Waals surface area contributed by atoms with Crippen molar-refractivity contribution in [3.63, 3.8) is 0 Å². The molecule has 0 aromatic carbocycles. The van der Waals surface area contributed by atoms with Crippen molar-refractivity contribution < 1.29 is 14.3 Å². The lowest BCUT2D eigenvalue weighted by Crippen LogP contribution is -2.32. The number of fused-ring (bicyclic) bond motifs is 1. The molecule has 0 saturated heterocycles. The monoisotopic (exact) mass is 224 g/mol. The number of rotatable bonds is 1. The summed E-state index contributed by atoms with van der Waals surface area (Å²) < 4.78 is 5.41. The molecule has 0 spiro atoms. The van der Waals surface area contributed by atoms with Crippen LogP contribution in [-0.2, 0) is 14.3 Å². The van der Waals surface area contributed by atoms with Gasteiger partial charge in [0.05, 0.1) is 0 Å². The van der Waals surface area contributed by atoms with Gasteiger partial charge in [0.25, 0.3) is 0 Å². The molecule has 0 radical (unpaired) electrons. The molecule has 0 heterocycles. The van der Waals surface area contributed by atoms with Crippen molar-refractivity contribution in [3.8, 4) is 0 Å². The molecule has 2 rings (SSSR count). The van der Waals surface area contributed by atoms with Gasteiger partial charge in [-0.05, 0) is 31.6 Å². The predicted molar refractivity (Wildman–Crippen MR) is 59.8 cm³/mol. The number of Topliss-reactive ketones (excluding diaryl/α,β-unsaturated/α-hetero) is 1. The summed E-state index contributed by atoms with van der Waals surface area (Å²) in [6, 6.07) is 0. The average molecular weight is 224 g/mol. The van der Waals surface area contributed by atoms with Crippen LogP contribution in [0.5, 0.6) is 0 Å². The number of carbonyl (C=O) groups excluding carboxylic acids is 2. The molecule has 2 fully saturated rings. The lowest BCUT2D eigenvalue weighted by molar-refractivity contribution is -0.151. The summed E-state index contributed by atoms with van der Waals surface area (Å²) in [5.41, 5.74) is 0. The Bertz CT molecular complexity index is 298. The van der Waals surface area contributed by atoms with Gasteiger partial charge in [0.2, 0.25) is 0 Å². The van der Waals surface area contributed by atoms with E-state index in [0.29, 0.717) is 18.1 Å². The summed E-state index contributed by atoms with van der Waals surface area (Å²) in [5, 5.41) is 0. The topological polar surface area (TPSA) is 43.4 Å². The third-order valence-electron chi connectivity index (χ3n) is 4.13.